The van der Waals surface area contributed by atoms with Crippen LogP contribution in [0.3, 0.4) is 0 Å². The highest BCUT2D eigenvalue weighted by molar-refractivity contribution is 6.31. The van der Waals surface area contributed by atoms with Gasteiger partial charge < -0.3 is 14.8 Å². The Bertz CT molecular complexity index is 1000. The number of amides is 1. The number of furan rings is 1. The molecule has 0 aliphatic heterocycles. The predicted molar refractivity (Wildman–Crippen MR) is 92.6 cm³/mol. The van der Waals surface area contributed by atoms with Gasteiger partial charge in [0.15, 0.2) is 5.78 Å². The van der Waals surface area contributed by atoms with E-state index in [1.165, 1.54) is 43.3 Å². The fraction of sp³-hybridized carbons (Fsp3) is 0.0556. The number of anilines is 1. The summed E-state index contributed by atoms with van der Waals surface area (Å²) in [5.74, 6) is -2.34. The van der Waals surface area contributed by atoms with E-state index in [4.69, 9.17) is 16.0 Å². The number of aromatic carboxylic acids is 1. The van der Waals surface area contributed by atoms with Gasteiger partial charge in [0.05, 0.1) is 0 Å². The molecule has 0 saturated heterocycles. The van der Waals surface area contributed by atoms with Gasteiger partial charge in [0.25, 0.3) is 5.91 Å². The van der Waals surface area contributed by atoms with Crippen LogP contribution in [0.1, 0.15) is 38.2 Å². The maximum absolute atomic E-state index is 12.4. The van der Waals surface area contributed by atoms with Gasteiger partial charge in [-0.05, 0) is 37.3 Å². The monoisotopic (exact) mass is 357 g/mol. The Hall–Kier alpha value is -3.12. The van der Waals surface area contributed by atoms with Crippen molar-refractivity contribution in [2.45, 2.75) is 6.92 Å². The van der Waals surface area contributed by atoms with Crippen molar-refractivity contribution in [3.05, 3.63) is 64.4 Å². The minimum Gasteiger partial charge on any atom is -0.475 e. The second-order valence-corrected chi connectivity index (χ2v) is 5.78. The molecule has 1 heterocycles. The number of nitrogens with one attached hydrogen (secondary N) is 1. The molecule has 1 amide bonds. The van der Waals surface area contributed by atoms with Crippen LogP contribution in [-0.4, -0.2) is 22.8 Å². The Labute approximate surface area is 147 Å². The lowest BCUT2D eigenvalue weighted by atomic mass is 10.1. The number of carboxylic acids is 1. The number of hydrogen-bond acceptors (Lipinski definition) is 4. The van der Waals surface area contributed by atoms with Crippen LogP contribution in [0.4, 0.5) is 5.69 Å². The van der Waals surface area contributed by atoms with Gasteiger partial charge in [-0.1, -0.05) is 23.7 Å². The molecule has 2 aromatic carbocycles. The molecule has 0 bridgehead atoms. The summed E-state index contributed by atoms with van der Waals surface area (Å²) in [4.78, 5) is 35.1. The van der Waals surface area contributed by atoms with Gasteiger partial charge in [0, 0.05) is 21.5 Å². The zero-order chi connectivity index (χ0) is 18.1. The van der Waals surface area contributed by atoms with E-state index in [0.717, 1.165) is 0 Å². The summed E-state index contributed by atoms with van der Waals surface area (Å²) in [6, 6.07) is 10.6. The number of carbonyl (C=O) groups is 3. The number of halogens is 1. The Morgan fingerprint density at radius 3 is 2.28 bits per heavy atom. The van der Waals surface area contributed by atoms with E-state index in [1.54, 1.807) is 6.07 Å². The molecule has 0 radical (unpaired) electrons. The van der Waals surface area contributed by atoms with E-state index in [1.807, 2.05) is 0 Å². The van der Waals surface area contributed by atoms with E-state index >= 15 is 0 Å². The van der Waals surface area contributed by atoms with Crippen LogP contribution < -0.4 is 5.32 Å². The summed E-state index contributed by atoms with van der Waals surface area (Å²) < 4.78 is 5.29. The third-order valence-corrected chi connectivity index (χ3v) is 3.87. The third-order valence-electron chi connectivity index (χ3n) is 3.64. The Balaban J connectivity index is 2.00. The first-order chi connectivity index (χ1) is 11.9. The quantitative estimate of drug-likeness (QED) is 0.681. The van der Waals surface area contributed by atoms with Gasteiger partial charge in [-0.25, -0.2) is 4.79 Å². The maximum Gasteiger partial charge on any atom is 0.374 e. The van der Waals surface area contributed by atoms with Crippen LogP contribution in [0.25, 0.3) is 11.0 Å². The summed E-state index contributed by atoms with van der Waals surface area (Å²) in [6.07, 6.45) is 0. The summed E-state index contributed by atoms with van der Waals surface area (Å²) in [5, 5.41) is 12.6. The Morgan fingerprint density at radius 1 is 1.04 bits per heavy atom. The molecule has 2 N–H and O–H groups in total. The smallest absolute Gasteiger partial charge is 0.374 e. The number of hydrogen-bond donors (Lipinski definition) is 2. The number of carbonyl (C=O) groups excluding carboxylic acids is 2. The van der Waals surface area contributed by atoms with Gasteiger partial charge >= 0.3 is 5.97 Å². The molecule has 0 spiro atoms. The number of ketones is 1. The highest BCUT2D eigenvalue weighted by Gasteiger charge is 2.22. The van der Waals surface area contributed by atoms with Crippen LogP contribution in [0.15, 0.2) is 46.9 Å². The minimum absolute atomic E-state index is 0.0330. The Kier molecular flexibility index (Phi) is 4.29. The van der Waals surface area contributed by atoms with E-state index in [2.05, 4.69) is 5.32 Å². The van der Waals surface area contributed by atoms with E-state index in [9.17, 15) is 19.5 Å². The zero-order valence-electron chi connectivity index (χ0n) is 13.0. The highest BCUT2D eigenvalue weighted by Crippen LogP contribution is 2.33. The first-order valence-corrected chi connectivity index (χ1v) is 7.62. The average Bonchev–Trinajstić information content (AvgIpc) is 2.93. The van der Waals surface area contributed by atoms with E-state index in [0.29, 0.717) is 21.6 Å². The van der Waals surface area contributed by atoms with Crippen molar-refractivity contribution in [2.24, 2.45) is 0 Å². The Morgan fingerprint density at radius 2 is 1.68 bits per heavy atom. The van der Waals surface area contributed by atoms with Gasteiger partial charge in [-0.3, -0.25) is 9.59 Å². The number of carboxylic acid groups (broad SMARTS) is 1. The average molecular weight is 358 g/mol. The SMILES string of the molecule is CC(=O)c1ccc(C(=O)Nc2c(C(=O)O)oc3ccc(Cl)cc23)cc1. The first kappa shape index (κ1) is 16.7. The van der Waals surface area contributed by atoms with Crippen molar-refractivity contribution in [3.8, 4) is 0 Å². The van der Waals surface area contributed by atoms with Crippen LogP contribution >= 0.6 is 11.6 Å². The van der Waals surface area contributed by atoms with Crippen LogP contribution in [-0.2, 0) is 0 Å². The zero-order valence-corrected chi connectivity index (χ0v) is 13.8. The molecule has 6 nitrogen and oxygen atoms in total. The van der Waals surface area contributed by atoms with Gasteiger partial charge in [0.1, 0.15) is 11.3 Å². The lowest BCUT2D eigenvalue weighted by molar-refractivity contribution is 0.0666. The molecule has 3 aromatic rings. The molecule has 0 fully saturated rings. The lowest BCUT2D eigenvalue weighted by Crippen LogP contribution is -2.14. The van der Waals surface area contributed by atoms with Crippen molar-refractivity contribution < 1.29 is 23.9 Å². The van der Waals surface area contributed by atoms with Gasteiger partial charge in [-0.2, -0.15) is 0 Å². The minimum atomic E-state index is -1.31. The van der Waals surface area contributed by atoms with Crippen LogP contribution in [0.5, 0.6) is 0 Å². The van der Waals surface area contributed by atoms with Gasteiger partial charge in [0.2, 0.25) is 5.76 Å². The molecule has 0 aliphatic rings. The maximum atomic E-state index is 12.4. The molecule has 0 saturated carbocycles. The number of benzene rings is 2. The normalized spacial score (nSPS) is 10.6. The topological polar surface area (TPSA) is 96.6 Å². The molecular weight excluding hydrogens is 346 g/mol. The fourth-order valence-electron chi connectivity index (χ4n) is 2.39. The second-order valence-electron chi connectivity index (χ2n) is 5.34. The summed E-state index contributed by atoms with van der Waals surface area (Å²) in [5.41, 5.74) is 1.08. The molecule has 126 valence electrons. The molecule has 3 rings (SSSR count). The van der Waals surface area contributed by atoms with E-state index in [-0.39, 0.29) is 22.8 Å². The summed E-state index contributed by atoms with van der Waals surface area (Å²) >= 11 is 5.95. The number of Topliss-reactive ketones (excluding diaryl/α,β-unsaturated/α-hetero) is 1. The molecule has 0 atom stereocenters. The van der Waals surface area contributed by atoms with Crippen LogP contribution in [0.2, 0.25) is 5.02 Å². The lowest BCUT2D eigenvalue weighted by Gasteiger charge is -2.05. The first-order valence-electron chi connectivity index (χ1n) is 7.24. The van der Waals surface area contributed by atoms with Crippen molar-refractivity contribution in [2.75, 3.05) is 5.32 Å². The molecule has 1 aromatic heterocycles. The summed E-state index contributed by atoms with van der Waals surface area (Å²) in [6.45, 7) is 1.43. The number of fused-ring (bicyclic) bond motifs is 1. The highest BCUT2D eigenvalue weighted by atomic mass is 35.5. The molecule has 25 heavy (non-hydrogen) atoms. The standard InChI is InChI=1S/C18H12ClNO5/c1-9(21)10-2-4-11(5-3-10)17(22)20-15-13-8-12(19)6-7-14(13)25-16(15)18(23)24/h2-8H,1H3,(H,20,22)(H,23,24). The van der Waals surface area contributed by atoms with Crippen molar-refractivity contribution in [1.82, 2.24) is 0 Å². The largest absolute Gasteiger partial charge is 0.475 e. The van der Waals surface area contributed by atoms with Crippen molar-refractivity contribution >= 4 is 45.9 Å². The molecule has 0 aliphatic carbocycles. The summed E-state index contributed by atoms with van der Waals surface area (Å²) in [7, 11) is 0. The molecular formula is C18H12ClNO5. The number of rotatable bonds is 4. The van der Waals surface area contributed by atoms with Crippen molar-refractivity contribution in [3.63, 3.8) is 0 Å². The van der Waals surface area contributed by atoms with Gasteiger partial charge in [-0.15, -0.1) is 0 Å². The molecule has 0 unspecified atom stereocenters. The van der Waals surface area contributed by atoms with Crippen molar-refractivity contribution in [1.29, 1.82) is 0 Å². The van der Waals surface area contributed by atoms with E-state index < -0.39 is 11.9 Å². The fourth-order valence-corrected chi connectivity index (χ4v) is 2.56. The predicted octanol–water partition coefficient (Wildman–Crippen LogP) is 4.24. The second kappa shape index (κ2) is 6.41. The van der Waals surface area contributed by atoms with Crippen LogP contribution in [0, 0.1) is 0 Å². The molecule has 7 heteroatoms. The third kappa shape index (κ3) is 3.25.